The quantitative estimate of drug-likeness (QED) is 0.632. The lowest BCUT2D eigenvalue weighted by Crippen LogP contribution is -2.40. The maximum absolute atomic E-state index is 14.3. The molecule has 2 aliphatic rings. The largest absolute Gasteiger partial charge is 0.505 e. The summed E-state index contributed by atoms with van der Waals surface area (Å²) in [6.45, 7) is 1.44. The molecule has 1 aromatic heterocycles. The molecule has 2 saturated heterocycles. The number of phenols is 1. The van der Waals surface area contributed by atoms with Crippen LogP contribution in [0.4, 0.5) is 26.4 Å². The average molecular weight is 440 g/mol. The minimum Gasteiger partial charge on any atom is -0.505 e. The predicted molar refractivity (Wildman–Crippen MR) is 114 cm³/mol. The second kappa shape index (κ2) is 7.79. The number of anilines is 3. The molecule has 5 rings (SSSR count). The summed E-state index contributed by atoms with van der Waals surface area (Å²) in [6.07, 6.45) is 2.12. The Bertz CT molecular complexity index is 1200. The van der Waals surface area contributed by atoms with Crippen LogP contribution in [-0.2, 0) is 9.47 Å². The SMILES string of the molecule is COc1cc2ncnc(Nc3cccc(O)c3F)c2cc1N1CC2(CCOCC2)OC1=O. The molecular formula is C22H21FN4O5. The molecule has 0 atom stereocenters. The molecule has 10 heteroatoms. The van der Waals surface area contributed by atoms with Gasteiger partial charge in [0.2, 0.25) is 0 Å². The molecule has 1 spiro atoms. The van der Waals surface area contributed by atoms with Crippen molar-refractivity contribution in [1.82, 2.24) is 9.97 Å². The van der Waals surface area contributed by atoms with E-state index in [0.29, 0.717) is 60.8 Å². The van der Waals surface area contributed by atoms with Gasteiger partial charge in [-0.1, -0.05) is 6.07 Å². The van der Waals surface area contributed by atoms with Gasteiger partial charge in [0.15, 0.2) is 11.6 Å². The van der Waals surface area contributed by atoms with Crippen LogP contribution < -0.4 is 15.0 Å². The molecule has 0 saturated carbocycles. The zero-order valence-corrected chi connectivity index (χ0v) is 17.3. The van der Waals surface area contributed by atoms with Crippen LogP contribution >= 0.6 is 0 Å². The number of carbonyl (C=O) groups excluding carboxylic acids is 1. The molecule has 3 heterocycles. The number of rotatable bonds is 4. The van der Waals surface area contributed by atoms with E-state index in [0.717, 1.165) is 0 Å². The third-order valence-electron chi connectivity index (χ3n) is 5.83. The van der Waals surface area contributed by atoms with Crippen molar-refractivity contribution in [1.29, 1.82) is 0 Å². The number of nitrogens with zero attached hydrogens (tertiary/aromatic N) is 3. The van der Waals surface area contributed by atoms with Gasteiger partial charge in [0, 0.05) is 24.3 Å². The highest BCUT2D eigenvalue weighted by Crippen LogP contribution is 2.41. The fourth-order valence-corrected chi connectivity index (χ4v) is 4.10. The number of methoxy groups -OCH3 is 1. The first-order chi connectivity index (χ1) is 15.5. The molecule has 2 aliphatic heterocycles. The van der Waals surface area contributed by atoms with Crippen molar-refractivity contribution >= 4 is 34.2 Å². The van der Waals surface area contributed by atoms with E-state index in [9.17, 15) is 14.3 Å². The number of hydrogen-bond donors (Lipinski definition) is 2. The summed E-state index contributed by atoms with van der Waals surface area (Å²) in [7, 11) is 1.51. The summed E-state index contributed by atoms with van der Waals surface area (Å²) >= 11 is 0. The second-order valence-corrected chi connectivity index (χ2v) is 7.78. The molecule has 0 aliphatic carbocycles. The summed E-state index contributed by atoms with van der Waals surface area (Å²) in [5, 5.41) is 13.1. The van der Waals surface area contributed by atoms with Crippen LogP contribution in [0.25, 0.3) is 10.9 Å². The van der Waals surface area contributed by atoms with Crippen molar-refractivity contribution in [3.63, 3.8) is 0 Å². The smallest absolute Gasteiger partial charge is 0.415 e. The van der Waals surface area contributed by atoms with Crippen molar-refractivity contribution in [3.05, 3.63) is 42.5 Å². The highest BCUT2D eigenvalue weighted by Gasteiger charge is 2.47. The maximum atomic E-state index is 14.3. The van der Waals surface area contributed by atoms with Crippen LogP contribution in [0, 0.1) is 5.82 Å². The van der Waals surface area contributed by atoms with E-state index < -0.39 is 23.3 Å². The van der Waals surface area contributed by atoms with Crippen molar-refractivity contribution in [2.45, 2.75) is 18.4 Å². The number of ether oxygens (including phenoxy) is 3. The van der Waals surface area contributed by atoms with E-state index in [1.807, 2.05) is 0 Å². The Kier molecular flexibility index (Phi) is 4.93. The standard InChI is InChI=1S/C22H21FN4O5/c1-30-18-10-15-13(20(25-12-24-15)26-14-3-2-4-17(28)19(14)23)9-16(18)27-11-22(32-21(27)29)5-7-31-8-6-22/h2-4,9-10,12,28H,5-8,11H2,1H3,(H,24,25,26). The van der Waals surface area contributed by atoms with Crippen LogP contribution in [0.5, 0.6) is 11.5 Å². The van der Waals surface area contributed by atoms with Gasteiger partial charge in [-0.15, -0.1) is 0 Å². The van der Waals surface area contributed by atoms with Gasteiger partial charge in [-0.05, 0) is 18.2 Å². The number of aromatic nitrogens is 2. The molecular weight excluding hydrogens is 419 g/mol. The number of phenolic OH excluding ortho intramolecular Hbond substituents is 1. The minimum atomic E-state index is -0.794. The van der Waals surface area contributed by atoms with Gasteiger partial charge in [0.25, 0.3) is 0 Å². The molecule has 1 amide bonds. The first kappa shape index (κ1) is 20.3. The van der Waals surface area contributed by atoms with Crippen LogP contribution in [0.3, 0.4) is 0 Å². The maximum Gasteiger partial charge on any atom is 0.415 e. The zero-order chi connectivity index (χ0) is 22.3. The van der Waals surface area contributed by atoms with E-state index in [4.69, 9.17) is 14.2 Å². The molecule has 2 N–H and O–H groups in total. The Morgan fingerprint density at radius 1 is 1.25 bits per heavy atom. The lowest BCUT2D eigenvalue weighted by atomic mass is 9.94. The van der Waals surface area contributed by atoms with Crippen LogP contribution in [0.15, 0.2) is 36.7 Å². The molecule has 2 fully saturated rings. The first-order valence-electron chi connectivity index (χ1n) is 10.2. The van der Waals surface area contributed by atoms with Gasteiger partial charge >= 0.3 is 6.09 Å². The van der Waals surface area contributed by atoms with Crippen LogP contribution in [0.2, 0.25) is 0 Å². The van der Waals surface area contributed by atoms with E-state index in [1.54, 1.807) is 12.1 Å². The van der Waals surface area contributed by atoms with Gasteiger partial charge in [0.1, 0.15) is 23.5 Å². The number of amides is 1. The third kappa shape index (κ3) is 3.42. The molecule has 0 bridgehead atoms. The predicted octanol–water partition coefficient (Wildman–Crippen LogP) is 3.73. The molecule has 32 heavy (non-hydrogen) atoms. The molecule has 166 valence electrons. The summed E-state index contributed by atoms with van der Waals surface area (Å²) < 4.78 is 31.0. The molecule has 0 unspecified atom stereocenters. The Morgan fingerprint density at radius 2 is 2.06 bits per heavy atom. The van der Waals surface area contributed by atoms with Gasteiger partial charge in [-0.2, -0.15) is 0 Å². The highest BCUT2D eigenvalue weighted by molar-refractivity contribution is 6.00. The molecule has 0 radical (unpaired) electrons. The van der Waals surface area contributed by atoms with E-state index in [1.165, 1.54) is 36.5 Å². The van der Waals surface area contributed by atoms with Crippen molar-refractivity contribution in [3.8, 4) is 11.5 Å². The first-order valence-corrected chi connectivity index (χ1v) is 10.2. The Balaban J connectivity index is 1.57. The van der Waals surface area contributed by atoms with Crippen molar-refractivity contribution < 1.29 is 28.5 Å². The number of halogens is 1. The fourth-order valence-electron chi connectivity index (χ4n) is 4.10. The van der Waals surface area contributed by atoms with E-state index >= 15 is 0 Å². The van der Waals surface area contributed by atoms with Crippen molar-refractivity contribution in [2.24, 2.45) is 0 Å². The Hall–Kier alpha value is -3.66. The molecule has 2 aromatic carbocycles. The van der Waals surface area contributed by atoms with Crippen LogP contribution in [-0.4, -0.2) is 53.6 Å². The Labute approximate surface area is 182 Å². The van der Waals surface area contributed by atoms with Gasteiger partial charge in [0.05, 0.1) is 43.8 Å². The summed E-state index contributed by atoms with van der Waals surface area (Å²) in [6, 6.07) is 7.68. The lowest BCUT2D eigenvalue weighted by Gasteiger charge is -2.30. The van der Waals surface area contributed by atoms with E-state index in [-0.39, 0.29) is 5.69 Å². The van der Waals surface area contributed by atoms with Crippen molar-refractivity contribution in [2.75, 3.05) is 37.1 Å². The second-order valence-electron chi connectivity index (χ2n) is 7.78. The normalized spacial score (nSPS) is 17.6. The summed E-state index contributed by atoms with van der Waals surface area (Å²) in [5.74, 6) is -0.502. The summed E-state index contributed by atoms with van der Waals surface area (Å²) in [4.78, 5) is 22.8. The zero-order valence-electron chi connectivity index (χ0n) is 17.3. The lowest BCUT2D eigenvalue weighted by molar-refractivity contribution is -0.0431. The topological polar surface area (TPSA) is 106 Å². The summed E-state index contributed by atoms with van der Waals surface area (Å²) in [5.41, 5.74) is 0.512. The van der Waals surface area contributed by atoms with Gasteiger partial charge in [-0.3, -0.25) is 4.90 Å². The molecule has 3 aromatic rings. The number of aromatic hydroxyl groups is 1. The van der Waals surface area contributed by atoms with Crippen LogP contribution in [0.1, 0.15) is 12.8 Å². The minimum absolute atomic E-state index is 0.0594. The van der Waals surface area contributed by atoms with Gasteiger partial charge in [-0.25, -0.2) is 19.2 Å². The third-order valence-corrected chi connectivity index (χ3v) is 5.83. The van der Waals surface area contributed by atoms with Gasteiger partial charge < -0.3 is 24.6 Å². The monoisotopic (exact) mass is 440 g/mol. The molecule has 9 nitrogen and oxygen atoms in total. The fraction of sp³-hybridized carbons (Fsp3) is 0.318. The number of nitrogens with one attached hydrogen (secondary N) is 1. The number of hydrogen-bond acceptors (Lipinski definition) is 8. The number of carbonyl (C=O) groups is 1. The highest BCUT2D eigenvalue weighted by atomic mass is 19.1. The Morgan fingerprint density at radius 3 is 2.84 bits per heavy atom. The van der Waals surface area contributed by atoms with E-state index in [2.05, 4.69) is 15.3 Å². The average Bonchev–Trinajstić information content (AvgIpc) is 3.11. The number of fused-ring (bicyclic) bond motifs is 1. The number of benzene rings is 2.